The van der Waals surface area contributed by atoms with E-state index in [1.165, 1.54) is 4.90 Å². The predicted octanol–water partition coefficient (Wildman–Crippen LogP) is 3.79. The maximum Gasteiger partial charge on any atom is 0.244 e. The molecule has 0 aliphatic carbocycles. The number of anilines is 1. The van der Waals surface area contributed by atoms with E-state index in [2.05, 4.69) is 5.32 Å². The number of rotatable bonds is 11. The molecule has 2 amide bonds. The van der Waals surface area contributed by atoms with Gasteiger partial charge in [-0.1, -0.05) is 61.9 Å². The highest BCUT2D eigenvalue weighted by Crippen LogP contribution is 2.23. The Morgan fingerprint density at radius 3 is 2.24 bits per heavy atom. The molecule has 0 heterocycles. The Kier molecular flexibility index (Phi) is 9.67. The largest absolute Gasteiger partial charge is 0.352 e. The van der Waals surface area contributed by atoms with Gasteiger partial charge < -0.3 is 10.2 Å². The van der Waals surface area contributed by atoms with Gasteiger partial charge in [-0.05, 0) is 50.8 Å². The van der Waals surface area contributed by atoms with Gasteiger partial charge in [-0.25, -0.2) is 8.42 Å². The lowest BCUT2D eigenvalue weighted by Gasteiger charge is -2.33. The Balaban J connectivity index is 2.45. The fraction of sp³-hybridized carbons (Fsp3) is 0.462. The second-order valence-corrected chi connectivity index (χ2v) is 10.7. The zero-order chi connectivity index (χ0) is 25.5. The zero-order valence-corrected chi connectivity index (χ0v) is 21.9. The van der Waals surface area contributed by atoms with E-state index in [1.807, 2.05) is 58.0 Å². The average Bonchev–Trinajstić information content (AvgIpc) is 2.77. The average molecular weight is 488 g/mol. The van der Waals surface area contributed by atoms with E-state index in [0.29, 0.717) is 12.1 Å². The van der Waals surface area contributed by atoms with Gasteiger partial charge in [0.1, 0.15) is 12.6 Å². The molecule has 0 aliphatic rings. The van der Waals surface area contributed by atoms with Crippen molar-refractivity contribution in [1.82, 2.24) is 10.2 Å². The molecule has 2 aromatic rings. The van der Waals surface area contributed by atoms with E-state index in [-0.39, 0.29) is 25.0 Å². The highest BCUT2D eigenvalue weighted by atomic mass is 32.2. The van der Waals surface area contributed by atoms with Gasteiger partial charge in [0.2, 0.25) is 21.8 Å². The van der Waals surface area contributed by atoms with Crippen LogP contribution in [0.1, 0.15) is 50.3 Å². The minimum absolute atomic E-state index is 0.0306. The van der Waals surface area contributed by atoms with Gasteiger partial charge in [0, 0.05) is 12.6 Å². The Bertz CT molecular complexity index is 1100. The van der Waals surface area contributed by atoms with Crippen LogP contribution in [0.5, 0.6) is 0 Å². The monoisotopic (exact) mass is 487 g/mol. The molecular weight excluding hydrogens is 450 g/mol. The first-order chi connectivity index (χ1) is 16.0. The van der Waals surface area contributed by atoms with Crippen LogP contribution >= 0.6 is 0 Å². The normalized spacial score (nSPS) is 13.1. The molecule has 1 N–H and O–H groups in total. The summed E-state index contributed by atoms with van der Waals surface area (Å²) in [6.45, 7) is 9.34. The Labute approximate surface area is 204 Å². The minimum Gasteiger partial charge on any atom is -0.352 e. The Hall–Kier alpha value is -2.87. The van der Waals surface area contributed by atoms with Crippen molar-refractivity contribution in [2.45, 2.75) is 66.1 Å². The van der Waals surface area contributed by atoms with E-state index in [4.69, 9.17) is 0 Å². The molecule has 0 spiro atoms. The summed E-state index contributed by atoms with van der Waals surface area (Å²) in [6.07, 6.45) is 2.26. The first kappa shape index (κ1) is 27.4. The van der Waals surface area contributed by atoms with Gasteiger partial charge in [-0.3, -0.25) is 13.9 Å². The van der Waals surface area contributed by atoms with E-state index in [0.717, 1.165) is 33.7 Å². The molecule has 0 bridgehead atoms. The van der Waals surface area contributed by atoms with Crippen LogP contribution in [0.3, 0.4) is 0 Å². The van der Waals surface area contributed by atoms with Crippen LogP contribution in [0.25, 0.3) is 0 Å². The number of nitrogens with one attached hydrogen (secondary N) is 1. The topological polar surface area (TPSA) is 86.8 Å². The molecule has 0 radical (unpaired) electrons. The number of nitrogens with zero attached hydrogens (tertiary/aromatic N) is 2. The summed E-state index contributed by atoms with van der Waals surface area (Å²) in [4.78, 5) is 28.3. The highest BCUT2D eigenvalue weighted by Gasteiger charge is 2.32. The van der Waals surface area contributed by atoms with Crippen molar-refractivity contribution in [1.29, 1.82) is 0 Å². The lowest BCUT2D eigenvalue weighted by atomic mass is 10.1. The number of carbonyl (C=O) groups is 2. The fourth-order valence-electron chi connectivity index (χ4n) is 3.81. The first-order valence-corrected chi connectivity index (χ1v) is 13.5. The van der Waals surface area contributed by atoms with Crippen molar-refractivity contribution in [2.75, 3.05) is 17.1 Å². The number of aryl methyl sites for hydroxylation is 2. The Morgan fingerprint density at radius 2 is 1.68 bits per heavy atom. The number of carbonyl (C=O) groups excluding carboxylic acids is 2. The first-order valence-electron chi connectivity index (χ1n) is 11.7. The summed E-state index contributed by atoms with van der Waals surface area (Å²) in [5.41, 5.74) is 3.11. The van der Waals surface area contributed by atoms with Gasteiger partial charge in [-0.15, -0.1) is 0 Å². The maximum absolute atomic E-state index is 13.7. The van der Waals surface area contributed by atoms with Gasteiger partial charge in [0.15, 0.2) is 0 Å². The number of sulfonamides is 1. The summed E-state index contributed by atoms with van der Waals surface area (Å²) >= 11 is 0. The number of amides is 2. The molecule has 0 aliphatic heterocycles. The molecule has 0 unspecified atom stereocenters. The van der Waals surface area contributed by atoms with Crippen molar-refractivity contribution in [3.63, 3.8) is 0 Å². The lowest BCUT2D eigenvalue weighted by Crippen LogP contribution is -2.53. The smallest absolute Gasteiger partial charge is 0.244 e. The van der Waals surface area contributed by atoms with Gasteiger partial charge in [0.05, 0.1) is 11.9 Å². The molecule has 34 heavy (non-hydrogen) atoms. The third-order valence-electron chi connectivity index (χ3n) is 5.89. The van der Waals surface area contributed by atoms with Gasteiger partial charge >= 0.3 is 0 Å². The molecule has 7 nitrogen and oxygen atoms in total. The molecule has 2 atom stereocenters. The third-order valence-corrected chi connectivity index (χ3v) is 7.01. The van der Waals surface area contributed by atoms with Crippen LogP contribution in [-0.4, -0.2) is 50.0 Å². The summed E-state index contributed by atoms with van der Waals surface area (Å²) in [6, 6.07) is 14.0. The second kappa shape index (κ2) is 12.0. The SMILES string of the molecule is CC[C@@H](C)NC(=O)[C@@H](CC)N(Cc1cccc(C)c1)C(=O)CN(c1ccccc1C)S(C)(=O)=O. The fourth-order valence-corrected chi connectivity index (χ4v) is 4.71. The molecule has 8 heteroatoms. The van der Waals surface area contributed by atoms with E-state index < -0.39 is 22.0 Å². The van der Waals surface area contributed by atoms with E-state index in [9.17, 15) is 18.0 Å². The molecule has 2 aromatic carbocycles. The van der Waals surface area contributed by atoms with Crippen molar-refractivity contribution in [2.24, 2.45) is 0 Å². The van der Waals surface area contributed by atoms with Gasteiger partial charge in [0.25, 0.3) is 0 Å². The molecule has 0 saturated carbocycles. The predicted molar refractivity (Wildman–Crippen MR) is 137 cm³/mol. The van der Waals surface area contributed by atoms with Crippen LogP contribution < -0.4 is 9.62 Å². The zero-order valence-electron chi connectivity index (χ0n) is 21.0. The summed E-state index contributed by atoms with van der Waals surface area (Å²) in [5.74, 6) is -0.666. The van der Waals surface area contributed by atoms with Gasteiger partial charge in [-0.2, -0.15) is 0 Å². The summed E-state index contributed by atoms with van der Waals surface area (Å²) in [5, 5.41) is 2.97. The maximum atomic E-state index is 13.7. The van der Waals surface area contributed by atoms with Crippen LogP contribution in [-0.2, 0) is 26.2 Å². The standard InChI is InChI=1S/C26H37N3O4S/c1-7-21(5)27-26(31)23(8-2)28(17-22-14-11-12-19(3)16-22)25(30)18-29(34(6,32)33)24-15-10-9-13-20(24)4/h9-16,21,23H,7-8,17-18H2,1-6H3,(H,27,31)/t21-,23-/m1/s1. The molecule has 0 aromatic heterocycles. The van der Waals surface area contributed by atoms with Crippen LogP contribution in [0.4, 0.5) is 5.69 Å². The molecule has 0 saturated heterocycles. The third kappa shape index (κ3) is 7.32. The van der Waals surface area contributed by atoms with Crippen LogP contribution in [0.2, 0.25) is 0 Å². The quantitative estimate of drug-likeness (QED) is 0.522. The molecule has 2 rings (SSSR count). The van der Waals surface area contributed by atoms with Crippen molar-refractivity contribution in [3.8, 4) is 0 Å². The number of benzene rings is 2. The van der Waals surface area contributed by atoms with E-state index >= 15 is 0 Å². The Morgan fingerprint density at radius 1 is 1.00 bits per heavy atom. The lowest BCUT2D eigenvalue weighted by molar-refractivity contribution is -0.140. The number of para-hydroxylation sites is 1. The highest BCUT2D eigenvalue weighted by molar-refractivity contribution is 7.92. The van der Waals surface area contributed by atoms with Crippen LogP contribution in [0.15, 0.2) is 48.5 Å². The van der Waals surface area contributed by atoms with Crippen molar-refractivity contribution < 1.29 is 18.0 Å². The summed E-state index contributed by atoms with van der Waals surface area (Å²) in [7, 11) is -3.74. The van der Waals surface area contributed by atoms with Crippen molar-refractivity contribution >= 4 is 27.5 Å². The van der Waals surface area contributed by atoms with Crippen molar-refractivity contribution in [3.05, 3.63) is 65.2 Å². The summed E-state index contributed by atoms with van der Waals surface area (Å²) < 4.78 is 26.5. The minimum atomic E-state index is -3.74. The number of hydrogen-bond acceptors (Lipinski definition) is 4. The van der Waals surface area contributed by atoms with Crippen LogP contribution in [0, 0.1) is 13.8 Å². The van der Waals surface area contributed by atoms with E-state index in [1.54, 1.807) is 25.1 Å². The second-order valence-electron chi connectivity index (χ2n) is 8.81. The molecule has 186 valence electrons. The molecule has 0 fully saturated rings. The number of hydrogen-bond donors (Lipinski definition) is 1. The molecular formula is C26H37N3O4S.